The van der Waals surface area contributed by atoms with E-state index in [-0.39, 0.29) is 17.7 Å². The number of carbonyl (C=O) groups is 2. The monoisotopic (exact) mass is 511 g/mol. The summed E-state index contributed by atoms with van der Waals surface area (Å²) in [4.78, 5) is 24.2. The van der Waals surface area contributed by atoms with Gasteiger partial charge in [-0.25, -0.2) is 0 Å². The van der Waals surface area contributed by atoms with Gasteiger partial charge in [-0.15, -0.1) is 11.3 Å². The maximum atomic E-state index is 11.2. The maximum Gasteiger partial charge on any atom is 0.224 e. The molecule has 2 amide bonds. The molecule has 0 atom stereocenters. The van der Waals surface area contributed by atoms with Gasteiger partial charge in [-0.1, -0.05) is 75.9 Å². The van der Waals surface area contributed by atoms with E-state index in [2.05, 4.69) is 64.8 Å². The average molecular weight is 512 g/mol. The van der Waals surface area contributed by atoms with Crippen LogP contribution in [0.1, 0.15) is 45.6 Å². The largest absolute Gasteiger partial charge is 0.359 e. The number of benzene rings is 1. The molecule has 6 heteroatoms. The first-order chi connectivity index (χ1) is 17.4. The summed E-state index contributed by atoms with van der Waals surface area (Å²) in [6.45, 7) is 13.4. The summed E-state index contributed by atoms with van der Waals surface area (Å²) in [5.74, 6) is 1.06. The van der Waals surface area contributed by atoms with Crippen molar-refractivity contribution in [3.8, 4) is 0 Å². The van der Waals surface area contributed by atoms with Gasteiger partial charge in [-0.3, -0.25) is 9.59 Å². The molecular weight excluding hydrogens is 466 g/mol. The van der Waals surface area contributed by atoms with Gasteiger partial charge < -0.3 is 15.5 Å². The van der Waals surface area contributed by atoms with Crippen LogP contribution in [0, 0.1) is 11.8 Å². The lowest BCUT2D eigenvalue weighted by Crippen LogP contribution is -2.33. The zero-order valence-corrected chi connectivity index (χ0v) is 23.6. The van der Waals surface area contributed by atoms with Crippen LogP contribution in [-0.4, -0.2) is 50.4 Å². The number of fused-ring (bicyclic) bond motifs is 1. The highest BCUT2D eigenvalue weighted by Gasteiger charge is 2.15. The van der Waals surface area contributed by atoms with Gasteiger partial charge in [-0.05, 0) is 67.2 Å². The molecule has 1 aliphatic rings. The smallest absolute Gasteiger partial charge is 0.224 e. The predicted octanol–water partition coefficient (Wildman–Crippen LogP) is 5.99. The fourth-order valence-electron chi connectivity index (χ4n) is 3.77. The van der Waals surface area contributed by atoms with E-state index in [1.165, 1.54) is 49.0 Å². The topological polar surface area (TPSA) is 61.4 Å². The molecule has 2 heterocycles. The molecule has 0 radical (unpaired) electrons. The van der Waals surface area contributed by atoms with E-state index in [4.69, 9.17) is 0 Å². The molecule has 3 rings (SSSR count). The summed E-state index contributed by atoms with van der Waals surface area (Å²) in [5.41, 5.74) is 1.12. The number of allylic oxidation sites excluding steroid dienone is 5. The Morgan fingerprint density at radius 1 is 1.11 bits per heavy atom. The van der Waals surface area contributed by atoms with Gasteiger partial charge in [0.15, 0.2) is 0 Å². The van der Waals surface area contributed by atoms with Crippen molar-refractivity contribution >= 4 is 33.2 Å². The number of carbonyl (C=O) groups excluding carboxylic acids is 2. The summed E-state index contributed by atoms with van der Waals surface area (Å²) >= 11 is 1.69. The number of rotatable bonds is 8. The van der Waals surface area contributed by atoms with Crippen LogP contribution in [0.2, 0.25) is 0 Å². The Bertz CT molecular complexity index is 969. The zero-order chi connectivity index (χ0) is 26.8. The second-order valence-corrected chi connectivity index (χ2v) is 9.97. The van der Waals surface area contributed by atoms with Gasteiger partial charge in [0.1, 0.15) is 0 Å². The van der Waals surface area contributed by atoms with Crippen molar-refractivity contribution in [1.82, 2.24) is 15.5 Å². The second kappa shape index (κ2) is 18.6. The van der Waals surface area contributed by atoms with Gasteiger partial charge >= 0.3 is 0 Å². The number of hydrogen-bond acceptors (Lipinski definition) is 4. The van der Waals surface area contributed by atoms with Crippen LogP contribution in [0.15, 0.2) is 66.6 Å². The molecule has 198 valence electrons. The van der Waals surface area contributed by atoms with Crippen LogP contribution in [0.3, 0.4) is 0 Å². The van der Waals surface area contributed by atoms with Gasteiger partial charge in [0, 0.05) is 24.7 Å². The normalized spacial score (nSPS) is 14.3. The summed E-state index contributed by atoms with van der Waals surface area (Å²) in [6, 6.07) is 8.16. The second-order valence-electron chi connectivity index (χ2n) is 9.06. The lowest BCUT2D eigenvalue weighted by atomic mass is 9.96. The number of piperidine rings is 1. The number of likely N-dealkylation sites (tertiary alicyclic amines) is 1. The number of nitrogens with zero attached hydrogens (tertiary/aromatic N) is 1. The van der Waals surface area contributed by atoms with Crippen molar-refractivity contribution in [2.45, 2.75) is 46.5 Å². The standard InChI is InChI=1S/C14H23N.C11H11NOS.C5H11NO/c1-3-5-6-7-8-14-9-12-15(11-4-2)13-10-14;1-12-11(13)6-8-7-14-10-5-3-2-4-9(8)10;1-4(2)5(7)6-3/h3,5-8,14H,1,4,9-13H2,2H3;2-5,7H,6H2,1H3,(H,12,13);4H,1-3H3,(H,6,7)/b6-5-,8-7+;;. The minimum absolute atomic E-state index is 0.0635. The molecule has 0 saturated carbocycles. The van der Waals surface area contributed by atoms with Crippen LogP contribution in [0.25, 0.3) is 10.1 Å². The molecule has 1 aromatic heterocycles. The Balaban J connectivity index is 0.000000289. The number of nitrogens with one attached hydrogen (secondary N) is 2. The van der Waals surface area contributed by atoms with E-state index in [1.807, 2.05) is 38.1 Å². The van der Waals surface area contributed by atoms with Gasteiger partial charge in [0.2, 0.25) is 11.8 Å². The molecule has 1 aliphatic heterocycles. The Morgan fingerprint density at radius 2 is 1.81 bits per heavy atom. The predicted molar refractivity (Wildman–Crippen MR) is 156 cm³/mol. The maximum absolute atomic E-state index is 11.2. The van der Waals surface area contributed by atoms with Crippen LogP contribution in [-0.2, 0) is 16.0 Å². The first kappa shape index (κ1) is 31.3. The lowest BCUT2D eigenvalue weighted by molar-refractivity contribution is -0.123. The van der Waals surface area contributed by atoms with Crippen LogP contribution in [0.4, 0.5) is 0 Å². The van der Waals surface area contributed by atoms with E-state index < -0.39 is 0 Å². The third-order valence-corrected chi connectivity index (χ3v) is 6.89. The fourth-order valence-corrected chi connectivity index (χ4v) is 4.73. The molecular formula is C30H45N3O2S. The van der Waals surface area contributed by atoms with Crippen molar-refractivity contribution in [2.75, 3.05) is 33.7 Å². The van der Waals surface area contributed by atoms with Crippen molar-refractivity contribution in [3.05, 3.63) is 72.2 Å². The minimum atomic E-state index is 0.0635. The first-order valence-corrected chi connectivity index (χ1v) is 13.8. The van der Waals surface area contributed by atoms with E-state index in [9.17, 15) is 9.59 Å². The molecule has 0 aliphatic carbocycles. The van der Waals surface area contributed by atoms with Gasteiger partial charge in [0.05, 0.1) is 6.42 Å². The third kappa shape index (κ3) is 12.3. The number of amides is 2. The summed E-state index contributed by atoms with van der Waals surface area (Å²) in [7, 11) is 3.30. The van der Waals surface area contributed by atoms with E-state index >= 15 is 0 Å². The summed E-state index contributed by atoms with van der Waals surface area (Å²) < 4.78 is 1.24. The zero-order valence-electron chi connectivity index (χ0n) is 22.8. The van der Waals surface area contributed by atoms with E-state index in [0.717, 1.165) is 11.5 Å². The van der Waals surface area contributed by atoms with Crippen molar-refractivity contribution in [2.24, 2.45) is 11.8 Å². The number of likely N-dealkylation sites (N-methyl/N-ethyl adjacent to an activating group) is 1. The molecule has 1 fully saturated rings. The van der Waals surface area contributed by atoms with Crippen molar-refractivity contribution < 1.29 is 9.59 Å². The highest BCUT2D eigenvalue weighted by molar-refractivity contribution is 7.17. The van der Waals surface area contributed by atoms with Crippen molar-refractivity contribution in [1.29, 1.82) is 0 Å². The van der Waals surface area contributed by atoms with Gasteiger partial charge in [0.25, 0.3) is 0 Å². The van der Waals surface area contributed by atoms with E-state index in [0.29, 0.717) is 6.42 Å². The Labute approximate surface area is 222 Å². The molecule has 0 spiro atoms. The quantitative estimate of drug-likeness (QED) is 0.428. The molecule has 0 unspecified atom stereocenters. The lowest BCUT2D eigenvalue weighted by Gasteiger charge is -2.30. The average Bonchev–Trinajstić information content (AvgIpc) is 3.30. The van der Waals surface area contributed by atoms with E-state index in [1.54, 1.807) is 25.4 Å². The minimum Gasteiger partial charge on any atom is -0.359 e. The Morgan fingerprint density at radius 3 is 2.36 bits per heavy atom. The molecule has 5 nitrogen and oxygen atoms in total. The number of hydrogen-bond donors (Lipinski definition) is 2. The highest BCUT2D eigenvalue weighted by Crippen LogP contribution is 2.25. The van der Waals surface area contributed by atoms with Crippen molar-refractivity contribution in [3.63, 3.8) is 0 Å². The molecule has 2 aromatic rings. The molecule has 1 aromatic carbocycles. The Kier molecular flexibility index (Phi) is 16.1. The molecule has 2 N–H and O–H groups in total. The molecule has 0 bridgehead atoms. The first-order valence-electron chi connectivity index (χ1n) is 12.9. The third-order valence-electron chi connectivity index (χ3n) is 5.88. The van der Waals surface area contributed by atoms with Crippen LogP contribution in [0.5, 0.6) is 0 Å². The number of thiophene rings is 1. The Hall–Kier alpha value is -2.70. The fraction of sp³-hybridized carbons (Fsp3) is 0.467. The highest BCUT2D eigenvalue weighted by atomic mass is 32.1. The summed E-state index contributed by atoms with van der Waals surface area (Å²) in [5, 5.41) is 8.41. The molecule has 1 saturated heterocycles. The van der Waals surface area contributed by atoms with Crippen LogP contribution < -0.4 is 10.6 Å². The van der Waals surface area contributed by atoms with Gasteiger partial charge in [-0.2, -0.15) is 0 Å². The summed E-state index contributed by atoms with van der Waals surface area (Å²) in [6.07, 6.45) is 14.7. The molecule has 36 heavy (non-hydrogen) atoms. The SMILES string of the molecule is C=C/C=C\C=C\C1CCN(CCC)CC1.CNC(=O)C(C)C.CNC(=O)Cc1csc2ccccc12. The van der Waals surface area contributed by atoms with Crippen LogP contribution >= 0.6 is 11.3 Å².